The summed E-state index contributed by atoms with van der Waals surface area (Å²) in [5, 5.41) is 18.2. The molecule has 0 heterocycles. The fraction of sp³-hybridized carbons (Fsp3) is 0.200. The summed E-state index contributed by atoms with van der Waals surface area (Å²) in [6.07, 6.45) is 0.726. The molecule has 0 aliphatic carbocycles. The van der Waals surface area contributed by atoms with E-state index in [1.165, 1.54) is 50.2 Å². The SMILES string of the molecule is CC(C)(O)C(=N)CC(=Nc1ccc(-c2cccc(S(C)(=O)=O)c2)cc1F)c1cccc(F)c1F. The number of halogens is 3. The lowest BCUT2D eigenvalue weighted by molar-refractivity contribution is 0.151. The molecule has 2 N–H and O–H groups in total. The summed E-state index contributed by atoms with van der Waals surface area (Å²) in [4.78, 5) is 4.25. The van der Waals surface area contributed by atoms with Crippen LogP contribution in [0.4, 0.5) is 18.9 Å². The molecule has 34 heavy (non-hydrogen) atoms. The van der Waals surface area contributed by atoms with Crippen molar-refractivity contribution in [3.63, 3.8) is 0 Å². The van der Waals surface area contributed by atoms with Crippen LogP contribution in [0, 0.1) is 22.9 Å². The van der Waals surface area contributed by atoms with Crippen molar-refractivity contribution in [2.24, 2.45) is 4.99 Å². The van der Waals surface area contributed by atoms with Crippen LogP contribution in [0.2, 0.25) is 0 Å². The number of sulfone groups is 1. The third-order valence-corrected chi connectivity index (χ3v) is 6.25. The topological polar surface area (TPSA) is 90.6 Å². The second-order valence-electron chi connectivity index (χ2n) is 8.34. The fourth-order valence-electron chi connectivity index (χ4n) is 3.13. The number of nitrogens with one attached hydrogen (secondary N) is 1. The van der Waals surface area contributed by atoms with E-state index in [0.29, 0.717) is 11.1 Å². The van der Waals surface area contributed by atoms with Crippen molar-refractivity contribution in [1.29, 1.82) is 5.41 Å². The van der Waals surface area contributed by atoms with Gasteiger partial charge in [0.25, 0.3) is 0 Å². The lowest BCUT2D eigenvalue weighted by atomic mass is 9.94. The van der Waals surface area contributed by atoms with Gasteiger partial charge in [0.1, 0.15) is 5.82 Å². The van der Waals surface area contributed by atoms with E-state index in [1.807, 2.05) is 0 Å². The number of hydrogen-bond donors (Lipinski definition) is 2. The number of aliphatic hydroxyl groups is 1. The average molecular weight is 489 g/mol. The van der Waals surface area contributed by atoms with Gasteiger partial charge in [0.15, 0.2) is 21.5 Å². The summed E-state index contributed by atoms with van der Waals surface area (Å²) in [6.45, 7) is 2.74. The first-order chi connectivity index (χ1) is 15.8. The van der Waals surface area contributed by atoms with Crippen molar-refractivity contribution >= 4 is 26.9 Å². The molecule has 5 nitrogen and oxygen atoms in total. The number of aliphatic imine (C=N–C) groups is 1. The molecule has 0 bridgehead atoms. The van der Waals surface area contributed by atoms with Crippen LogP contribution in [-0.2, 0) is 9.84 Å². The summed E-state index contributed by atoms with van der Waals surface area (Å²) < 4.78 is 67.0. The Morgan fingerprint density at radius 3 is 2.24 bits per heavy atom. The minimum atomic E-state index is -3.45. The highest BCUT2D eigenvalue weighted by Crippen LogP contribution is 2.29. The monoisotopic (exact) mass is 488 g/mol. The van der Waals surface area contributed by atoms with Gasteiger partial charge in [0, 0.05) is 24.0 Å². The maximum atomic E-state index is 15.0. The van der Waals surface area contributed by atoms with Crippen molar-refractivity contribution in [3.8, 4) is 11.1 Å². The Kier molecular flexibility index (Phi) is 7.09. The molecule has 0 aliphatic heterocycles. The molecule has 0 aliphatic rings. The van der Waals surface area contributed by atoms with Crippen LogP contribution in [0.25, 0.3) is 11.1 Å². The molecule has 0 fully saturated rings. The van der Waals surface area contributed by atoms with E-state index in [-0.39, 0.29) is 34.0 Å². The molecule has 0 unspecified atom stereocenters. The van der Waals surface area contributed by atoms with E-state index in [9.17, 15) is 22.3 Å². The Balaban J connectivity index is 2.08. The minimum Gasteiger partial charge on any atom is -0.385 e. The Bertz CT molecular complexity index is 1390. The molecule has 3 aromatic rings. The van der Waals surface area contributed by atoms with E-state index in [2.05, 4.69) is 4.99 Å². The highest BCUT2D eigenvalue weighted by Gasteiger charge is 2.24. The zero-order valence-electron chi connectivity index (χ0n) is 18.7. The number of benzene rings is 3. The van der Waals surface area contributed by atoms with E-state index in [1.54, 1.807) is 12.1 Å². The average Bonchev–Trinajstić information content (AvgIpc) is 2.75. The van der Waals surface area contributed by atoms with Crippen molar-refractivity contribution < 1.29 is 26.7 Å². The first-order valence-electron chi connectivity index (χ1n) is 10.2. The van der Waals surface area contributed by atoms with Crippen LogP contribution >= 0.6 is 0 Å². The number of nitrogens with zero attached hydrogens (tertiary/aromatic N) is 1. The van der Waals surface area contributed by atoms with Gasteiger partial charge in [-0.05, 0) is 61.4 Å². The summed E-state index contributed by atoms with van der Waals surface area (Å²) in [6, 6.07) is 13.5. The van der Waals surface area contributed by atoms with Gasteiger partial charge in [-0.1, -0.05) is 24.3 Å². The van der Waals surface area contributed by atoms with Crippen LogP contribution in [-0.4, -0.2) is 36.8 Å². The molecule has 0 aromatic heterocycles. The number of rotatable bonds is 7. The molecule has 3 rings (SSSR count). The minimum absolute atomic E-state index is 0.0847. The van der Waals surface area contributed by atoms with Crippen LogP contribution in [0.3, 0.4) is 0 Å². The van der Waals surface area contributed by atoms with Crippen LogP contribution < -0.4 is 0 Å². The largest absolute Gasteiger partial charge is 0.385 e. The second kappa shape index (κ2) is 9.52. The molecule has 0 atom stereocenters. The Morgan fingerprint density at radius 1 is 0.971 bits per heavy atom. The fourth-order valence-corrected chi connectivity index (χ4v) is 3.80. The van der Waals surface area contributed by atoms with Crippen molar-refractivity contribution in [1.82, 2.24) is 0 Å². The summed E-state index contributed by atoms with van der Waals surface area (Å²) >= 11 is 0. The standard InChI is InChI=1S/C25H23F3N2O3S/c1-25(2,31)23(29)14-22(18-8-5-9-19(26)24(18)28)30-21-11-10-16(13-20(21)27)15-6-4-7-17(12-15)34(3,32)33/h4-13,29,31H,14H2,1-3H3. The highest BCUT2D eigenvalue weighted by molar-refractivity contribution is 7.90. The lowest BCUT2D eigenvalue weighted by Gasteiger charge is -2.20. The van der Waals surface area contributed by atoms with E-state index >= 15 is 4.39 Å². The maximum absolute atomic E-state index is 15.0. The molecule has 0 radical (unpaired) electrons. The molecule has 0 spiro atoms. The molecular weight excluding hydrogens is 465 g/mol. The van der Waals surface area contributed by atoms with Gasteiger partial charge < -0.3 is 10.5 Å². The normalized spacial score (nSPS) is 12.6. The van der Waals surface area contributed by atoms with Gasteiger partial charge in [-0.15, -0.1) is 0 Å². The van der Waals surface area contributed by atoms with Crippen LogP contribution in [0.1, 0.15) is 25.8 Å². The Morgan fingerprint density at radius 2 is 1.62 bits per heavy atom. The second-order valence-corrected chi connectivity index (χ2v) is 10.4. The number of hydrogen-bond acceptors (Lipinski definition) is 5. The summed E-state index contributed by atoms with van der Waals surface area (Å²) in [5.74, 6) is -3.10. The predicted octanol–water partition coefficient (Wildman–Crippen LogP) is 5.48. The zero-order chi connectivity index (χ0) is 25.3. The first kappa shape index (κ1) is 25.3. The molecule has 9 heteroatoms. The molecule has 0 saturated heterocycles. The van der Waals surface area contributed by atoms with Gasteiger partial charge in [0.2, 0.25) is 0 Å². The molecule has 3 aromatic carbocycles. The highest BCUT2D eigenvalue weighted by atomic mass is 32.2. The molecule has 0 saturated carbocycles. The predicted molar refractivity (Wildman–Crippen MR) is 126 cm³/mol. The smallest absolute Gasteiger partial charge is 0.175 e. The summed E-state index contributed by atoms with van der Waals surface area (Å²) in [7, 11) is -3.45. The van der Waals surface area contributed by atoms with Crippen LogP contribution in [0.15, 0.2) is 70.6 Å². The molecule has 178 valence electrons. The Hall–Kier alpha value is -3.30. The van der Waals surface area contributed by atoms with E-state index < -0.39 is 32.9 Å². The first-order valence-corrected chi connectivity index (χ1v) is 12.1. The maximum Gasteiger partial charge on any atom is 0.175 e. The third-order valence-electron chi connectivity index (χ3n) is 5.14. The van der Waals surface area contributed by atoms with Gasteiger partial charge in [-0.3, -0.25) is 0 Å². The van der Waals surface area contributed by atoms with Crippen LogP contribution in [0.5, 0.6) is 0 Å². The zero-order valence-corrected chi connectivity index (χ0v) is 19.6. The third kappa shape index (κ3) is 5.78. The summed E-state index contributed by atoms with van der Waals surface area (Å²) in [5.41, 5.74) is -1.47. The van der Waals surface area contributed by atoms with E-state index in [0.717, 1.165) is 18.4 Å². The van der Waals surface area contributed by atoms with Crippen molar-refractivity contribution in [3.05, 3.63) is 83.7 Å². The lowest BCUT2D eigenvalue weighted by Crippen LogP contribution is -2.32. The van der Waals surface area contributed by atoms with Gasteiger partial charge >= 0.3 is 0 Å². The van der Waals surface area contributed by atoms with Gasteiger partial charge in [0.05, 0.1) is 21.9 Å². The van der Waals surface area contributed by atoms with Crippen molar-refractivity contribution in [2.45, 2.75) is 30.8 Å². The Labute approximate surface area is 196 Å². The molecular formula is C25H23F3N2O3S. The quantitative estimate of drug-likeness (QED) is 0.432. The van der Waals surface area contributed by atoms with Gasteiger partial charge in [-0.2, -0.15) is 0 Å². The van der Waals surface area contributed by atoms with Crippen molar-refractivity contribution in [2.75, 3.05) is 6.26 Å². The van der Waals surface area contributed by atoms with Gasteiger partial charge in [-0.25, -0.2) is 26.6 Å². The molecule has 0 amide bonds. The van der Waals surface area contributed by atoms with E-state index in [4.69, 9.17) is 5.41 Å².